The summed E-state index contributed by atoms with van der Waals surface area (Å²) in [5, 5.41) is 4.22. The molecule has 1 aromatic carbocycles. The lowest BCUT2D eigenvalue weighted by atomic mass is 10.1. The summed E-state index contributed by atoms with van der Waals surface area (Å²) in [6.07, 6.45) is 2.32. The number of anilines is 1. The Labute approximate surface area is 128 Å². The Morgan fingerprint density at radius 2 is 1.95 bits per heavy atom. The van der Waals surface area contributed by atoms with Gasteiger partial charge >= 0.3 is 0 Å². The molecule has 3 rings (SSSR count). The van der Waals surface area contributed by atoms with Gasteiger partial charge in [-0.1, -0.05) is 35.3 Å². The van der Waals surface area contributed by atoms with Gasteiger partial charge in [0.2, 0.25) is 0 Å². The molecule has 0 bridgehead atoms. The Morgan fingerprint density at radius 1 is 1.20 bits per heavy atom. The average molecular weight is 308 g/mol. The molecule has 0 spiro atoms. The van der Waals surface area contributed by atoms with Crippen LogP contribution in [0.5, 0.6) is 0 Å². The number of rotatable bonds is 3. The summed E-state index contributed by atoms with van der Waals surface area (Å²) in [6.45, 7) is 2.00. The fourth-order valence-corrected chi connectivity index (χ4v) is 2.64. The maximum Gasteiger partial charge on any atom is 0.134 e. The highest BCUT2D eigenvalue weighted by atomic mass is 35.5. The van der Waals surface area contributed by atoms with E-state index in [9.17, 15) is 0 Å². The Hall–Kier alpha value is -1.32. The van der Waals surface area contributed by atoms with Gasteiger partial charge in [0.05, 0.1) is 15.7 Å². The van der Waals surface area contributed by atoms with Crippen molar-refractivity contribution in [2.75, 3.05) is 12.4 Å². The van der Waals surface area contributed by atoms with E-state index in [1.54, 1.807) is 6.07 Å². The van der Waals surface area contributed by atoms with E-state index in [0.29, 0.717) is 16.0 Å². The number of hydrogen-bond acceptors (Lipinski definition) is 3. The number of nitrogens with zero attached hydrogens (tertiary/aromatic N) is 2. The van der Waals surface area contributed by atoms with Crippen molar-refractivity contribution in [2.24, 2.45) is 0 Å². The summed E-state index contributed by atoms with van der Waals surface area (Å²) in [4.78, 5) is 9.31. The number of halogens is 2. The lowest BCUT2D eigenvalue weighted by Crippen LogP contribution is -2.04. The molecule has 0 radical (unpaired) electrons. The molecule has 1 aliphatic rings. The third-order valence-corrected chi connectivity index (χ3v) is 4.37. The smallest absolute Gasteiger partial charge is 0.134 e. The minimum atomic E-state index is 0.486. The van der Waals surface area contributed by atoms with Crippen LogP contribution in [0, 0.1) is 6.92 Å². The minimum Gasteiger partial charge on any atom is -0.373 e. The number of benzene rings is 1. The number of hydrogen-bond donors (Lipinski definition) is 1. The van der Waals surface area contributed by atoms with E-state index in [-0.39, 0.29) is 0 Å². The summed E-state index contributed by atoms with van der Waals surface area (Å²) in [5.41, 5.74) is 2.71. The van der Waals surface area contributed by atoms with Crippen LogP contribution in [0.15, 0.2) is 18.2 Å². The Morgan fingerprint density at radius 3 is 2.60 bits per heavy atom. The number of aromatic nitrogens is 2. The third kappa shape index (κ3) is 2.36. The van der Waals surface area contributed by atoms with Crippen LogP contribution in [0.25, 0.3) is 11.3 Å². The zero-order valence-electron chi connectivity index (χ0n) is 11.4. The van der Waals surface area contributed by atoms with Crippen LogP contribution < -0.4 is 5.32 Å². The highest BCUT2D eigenvalue weighted by molar-refractivity contribution is 6.43. The largest absolute Gasteiger partial charge is 0.373 e. The first-order valence-electron chi connectivity index (χ1n) is 6.62. The van der Waals surface area contributed by atoms with Gasteiger partial charge in [0, 0.05) is 24.1 Å². The molecule has 1 heterocycles. The topological polar surface area (TPSA) is 37.8 Å². The SMILES string of the molecule is CNc1nc(C2CC2)nc(-c2cccc(Cl)c2Cl)c1C. The normalized spacial score (nSPS) is 14.4. The maximum absolute atomic E-state index is 6.33. The van der Waals surface area contributed by atoms with Crippen molar-refractivity contribution in [2.45, 2.75) is 25.7 Å². The summed E-state index contributed by atoms with van der Waals surface area (Å²) < 4.78 is 0. The van der Waals surface area contributed by atoms with Gasteiger partial charge in [0.15, 0.2) is 0 Å². The van der Waals surface area contributed by atoms with Crippen molar-refractivity contribution < 1.29 is 0 Å². The molecular formula is C15H15Cl2N3. The molecule has 0 aliphatic heterocycles. The zero-order valence-corrected chi connectivity index (χ0v) is 12.9. The molecule has 0 saturated heterocycles. The summed E-state index contributed by atoms with van der Waals surface area (Å²) in [7, 11) is 1.87. The molecule has 0 atom stereocenters. The fraction of sp³-hybridized carbons (Fsp3) is 0.333. The van der Waals surface area contributed by atoms with Crippen LogP contribution in [-0.2, 0) is 0 Å². The molecule has 1 aromatic heterocycles. The quantitative estimate of drug-likeness (QED) is 0.894. The van der Waals surface area contributed by atoms with Crippen LogP contribution in [0.1, 0.15) is 30.1 Å². The predicted octanol–water partition coefficient (Wildman–Crippen LogP) is 4.68. The lowest BCUT2D eigenvalue weighted by Gasteiger charge is -2.13. The second-order valence-electron chi connectivity index (χ2n) is 5.03. The molecule has 1 saturated carbocycles. The van der Waals surface area contributed by atoms with Gasteiger partial charge in [-0.2, -0.15) is 0 Å². The zero-order chi connectivity index (χ0) is 14.3. The van der Waals surface area contributed by atoms with Crippen LogP contribution in [0.4, 0.5) is 5.82 Å². The first-order valence-corrected chi connectivity index (χ1v) is 7.38. The van der Waals surface area contributed by atoms with Crippen LogP contribution >= 0.6 is 23.2 Å². The first kappa shape index (κ1) is 13.7. The molecule has 1 N–H and O–H groups in total. The second-order valence-corrected chi connectivity index (χ2v) is 5.81. The van der Waals surface area contributed by atoms with Crippen molar-refractivity contribution in [1.82, 2.24) is 9.97 Å². The van der Waals surface area contributed by atoms with Crippen LogP contribution in [-0.4, -0.2) is 17.0 Å². The van der Waals surface area contributed by atoms with Crippen molar-refractivity contribution in [3.8, 4) is 11.3 Å². The molecule has 20 heavy (non-hydrogen) atoms. The maximum atomic E-state index is 6.33. The lowest BCUT2D eigenvalue weighted by molar-refractivity contribution is 0.924. The summed E-state index contributed by atoms with van der Waals surface area (Å²) >= 11 is 12.4. The molecule has 104 valence electrons. The monoisotopic (exact) mass is 307 g/mol. The standard InChI is InChI=1S/C15H15Cl2N3/c1-8-13(10-4-3-5-11(16)12(10)17)19-15(9-6-7-9)20-14(8)18-2/h3-5,9H,6-7H2,1-2H3,(H,18,19,20). The molecule has 2 aromatic rings. The molecule has 1 fully saturated rings. The summed E-state index contributed by atoms with van der Waals surface area (Å²) in [6, 6.07) is 5.62. The van der Waals surface area contributed by atoms with Crippen molar-refractivity contribution in [3.05, 3.63) is 39.6 Å². The van der Waals surface area contributed by atoms with Gasteiger partial charge in [-0.25, -0.2) is 9.97 Å². The number of nitrogens with one attached hydrogen (secondary N) is 1. The minimum absolute atomic E-state index is 0.486. The molecule has 1 aliphatic carbocycles. The van der Waals surface area contributed by atoms with Gasteiger partial charge < -0.3 is 5.32 Å². The van der Waals surface area contributed by atoms with Crippen molar-refractivity contribution in [1.29, 1.82) is 0 Å². The Bertz CT molecular complexity index is 666. The van der Waals surface area contributed by atoms with E-state index in [0.717, 1.165) is 41.3 Å². The molecule has 5 heteroatoms. The van der Waals surface area contributed by atoms with Gasteiger partial charge in [-0.3, -0.25) is 0 Å². The van der Waals surface area contributed by atoms with Gasteiger partial charge in [-0.15, -0.1) is 0 Å². The second kappa shape index (κ2) is 5.23. The van der Waals surface area contributed by atoms with Gasteiger partial charge in [0.25, 0.3) is 0 Å². The van der Waals surface area contributed by atoms with Crippen molar-refractivity contribution in [3.63, 3.8) is 0 Å². The van der Waals surface area contributed by atoms with E-state index in [1.807, 2.05) is 26.1 Å². The molecule has 0 unspecified atom stereocenters. The molecular weight excluding hydrogens is 293 g/mol. The third-order valence-electron chi connectivity index (χ3n) is 3.55. The van der Waals surface area contributed by atoms with Crippen LogP contribution in [0.2, 0.25) is 10.0 Å². The van der Waals surface area contributed by atoms with E-state index in [1.165, 1.54) is 0 Å². The predicted molar refractivity (Wildman–Crippen MR) is 83.7 cm³/mol. The average Bonchev–Trinajstić information content (AvgIpc) is 3.27. The van der Waals surface area contributed by atoms with Crippen molar-refractivity contribution >= 4 is 29.0 Å². The van der Waals surface area contributed by atoms with Crippen LogP contribution in [0.3, 0.4) is 0 Å². The van der Waals surface area contributed by atoms with Gasteiger partial charge in [-0.05, 0) is 25.8 Å². The Balaban J connectivity index is 2.21. The summed E-state index contributed by atoms with van der Waals surface area (Å²) in [5.74, 6) is 2.23. The van der Waals surface area contributed by atoms with E-state index in [4.69, 9.17) is 28.2 Å². The molecule has 0 amide bonds. The van der Waals surface area contributed by atoms with E-state index < -0.39 is 0 Å². The van der Waals surface area contributed by atoms with E-state index >= 15 is 0 Å². The van der Waals surface area contributed by atoms with Gasteiger partial charge in [0.1, 0.15) is 11.6 Å². The first-order chi connectivity index (χ1) is 9.61. The highest BCUT2D eigenvalue weighted by Crippen LogP contribution is 2.41. The highest BCUT2D eigenvalue weighted by Gasteiger charge is 2.28. The Kier molecular flexibility index (Phi) is 3.57. The fourth-order valence-electron chi connectivity index (χ4n) is 2.25. The molecule has 3 nitrogen and oxygen atoms in total. The van der Waals surface area contributed by atoms with E-state index in [2.05, 4.69) is 10.3 Å².